The van der Waals surface area contributed by atoms with E-state index >= 15 is 0 Å². The topological polar surface area (TPSA) is 81.6 Å². The van der Waals surface area contributed by atoms with Crippen LogP contribution >= 0.6 is 0 Å². The van der Waals surface area contributed by atoms with Gasteiger partial charge in [-0.15, -0.1) is 0 Å². The summed E-state index contributed by atoms with van der Waals surface area (Å²) in [6.07, 6.45) is 0. The Bertz CT molecular complexity index is 1120. The molecule has 2 N–H and O–H groups in total. The smallest absolute Gasteiger partial charge is 0.205 e. The van der Waals surface area contributed by atoms with Gasteiger partial charge in [-0.1, -0.05) is 36.4 Å². The van der Waals surface area contributed by atoms with Crippen molar-refractivity contribution in [3.05, 3.63) is 89.5 Å². The van der Waals surface area contributed by atoms with Crippen molar-refractivity contribution in [2.24, 2.45) is 0 Å². The van der Waals surface area contributed by atoms with Gasteiger partial charge in [0.2, 0.25) is 5.95 Å². The molecule has 5 nitrogen and oxygen atoms in total. The molecule has 5 heteroatoms. The molecule has 4 rings (SSSR count). The minimum Gasteiger partial charge on any atom is -0.326 e. The lowest BCUT2D eigenvalue weighted by molar-refractivity contribution is 0.103. The Morgan fingerprint density at radius 2 is 1.65 bits per heavy atom. The number of aromatic nitrogens is 2. The first-order chi connectivity index (χ1) is 12.7. The summed E-state index contributed by atoms with van der Waals surface area (Å²) in [7, 11) is 0. The summed E-state index contributed by atoms with van der Waals surface area (Å²) in [5.41, 5.74) is 4.03. The lowest BCUT2D eigenvalue weighted by Crippen LogP contribution is -2.01. The van der Waals surface area contributed by atoms with Crippen LogP contribution in [0, 0.1) is 11.3 Å². The van der Waals surface area contributed by atoms with Gasteiger partial charge in [0.25, 0.3) is 0 Å². The summed E-state index contributed by atoms with van der Waals surface area (Å²) in [6.45, 7) is 0. The molecule has 0 saturated heterocycles. The van der Waals surface area contributed by atoms with Crippen LogP contribution in [0.1, 0.15) is 21.5 Å². The van der Waals surface area contributed by atoms with Crippen molar-refractivity contribution in [2.45, 2.75) is 0 Å². The zero-order chi connectivity index (χ0) is 17.9. The fraction of sp³-hybridized carbons (Fsp3) is 0. The summed E-state index contributed by atoms with van der Waals surface area (Å²) in [4.78, 5) is 20.0. The molecule has 0 unspecified atom stereocenters. The second-order valence-corrected chi connectivity index (χ2v) is 5.80. The van der Waals surface area contributed by atoms with Crippen LogP contribution in [0.3, 0.4) is 0 Å². The van der Waals surface area contributed by atoms with Crippen molar-refractivity contribution in [3.8, 4) is 6.07 Å². The maximum atomic E-state index is 12.4. The summed E-state index contributed by atoms with van der Waals surface area (Å²) >= 11 is 0. The second kappa shape index (κ2) is 6.54. The van der Waals surface area contributed by atoms with Crippen LogP contribution in [0.4, 0.5) is 11.6 Å². The number of nitrogens with zero attached hydrogens (tertiary/aromatic N) is 2. The van der Waals surface area contributed by atoms with Crippen molar-refractivity contribution in [2.75, 3.05) is 5.32 Å². The number of nitrogens with one attached hydrogen (secondary N) is 2. The minimum absolute atomic E-state index is 0.0143. The number of hydrogen-bond donors (Lipinski definition) is 2. The van der Waals surface area contributed by atoms with E-state index in [0.717, 1.165) is 11.2 Å². The molecule has 0 amide bonds. The van der Waals surface area contributed by atoms with Gasteiger partial charge >= 0.3 is 0 Å². The number of fused-ring (bicyclic) bond motifs is 1. The molecule has 124 valence electrons. The number of nitriles is 1. The van der Waals surface area contributed by atoms with Gasteiger partial charge in [-0.3, -0.25) is 4.79 Å². The third-order valence-corrected chi connectivity index (χ3v) is 4.08. The van der Waals surface area contributed by atoms with Gasteiger partial charge in [0.1, 0.15) is 11.6 Å². The van der Waals surface area contributed by atoms with Crippen LogP contribution in [0.2, 0.25) is 0 Å². The van der Waals surface area contributed by atoms with Gasteiger partial charge in [-0.05, 0) is 36.4 Å². The molecule has 0 aliphatic rings. The van der Waals surface area contributed by atoms with Crippen molar-refractivity contribution in [3.63, 3.8) is 0 Å². The van der Waals surface area contributed by atoms with E-state index < -0.39 is 0 Å². The number of hydrogen-bond acceptors (Lipinski definition) is 4. The Morgan fingerprint density at radius 1 is 0.923 bits per heavy atom. The van der Waals surface area contributed by atoms with Gasteiger partial charge in [0, 0.05) is 16.8 Å². The van der Waals surface area contributed by atoms with E-state index in [4.69, 9.17) is 5.26 Å². The van der Waals surface area contributed by atoms with Crippen LogP contribution in [-0.2, 0) is 0 Å². The molecule has 0 spiro atoms. The van der Waals surface area contributed by atoms with E-state index in [2.05, 4.69) is 21.4 Å². The van der Waals surface area contributed by atoms with Gasteiger partial charge < -0.3 is 10.3 Å². The highest BCUT2D eigenvalue weighted by Gasteiger charge is 2.10. The zero-order valence-corrected chi connectivity index (χ0v) is 13.7. The highest BCUT2D eigenvalue weighted by molar-refractivity contribution is 6.09. The number of aromatic amines is 1. The number of carbonyl (C=O) groups is 1. The Labute approximate surface area is 149 Å². The number of para-hydroxylation sites is 1. The molecule has 0 fully saturated rings. The number of rotatable bonds is 4. The summed E-state index contributed by atoms with van der Waals surface area (Å²) in [5, 5.41) is 12.3. The average Bonchev–Trinajstić information content (AvgIpc) is 3.11. The second-order valence-electron chi connectivity index (χ2n) is 5.80. The minimum atomic E-state index is -0.0143. The Balaban J connectivity index is 1.57. The summed E-state index contributed by atoms with van der Waals surface area (Å²) in [6, 6.07) is 23.9. The lowest BCUT2D eigenvalue weighted by Gasteiger charge is -2.05. The van der Waals surface area contributed by atoms with Gasteiger partial charge in [-0.2, -0.15) is 5.26 Å². The molecular weight excluding hydrogens is 324 g/mol. The summed E-state index contributed by atoms with van der Waals surface area (Å²) < 4.78 is 0. The molecule has 4 aromatic rings. The molecule has 0 radical (unpaired) electrons. The molecule has 0 bridgehead atoms. The first kappa shape index (κ1) is 15.6. The van der Waals surface area contributed by atoms with E-state index in [1.165, 1.54) is 0 Å². The normalized spacial score (nSPS) is 10.4. The highest BCUT2D eigenvalue weighted by atomic mass is 16.1. The zero-order valence-electron chi connectivity index (χ0n) is 13.7. The maximum Gasteiger partial charge on any atom is 0.205 e. The van der Waals surface area contributed by atoms with Crippen molar-refractivity contribution in [1.29, 1.82) is 5.26 Å². The fourth-order valence-corrected chi connectivity index (χ4v) is 2.78. The SMILES string of the molecule is N#Cc1cccc2[nH]c(Nc3ccc(C(=O)c4ccccc4)cc3)nc12. The average molecular weight is 338 g/mol. The number of imidazole rings is 1. The number of benzene rings is 3. The van der Waals surface area contributed by atoms with E-state index in [1.54, 1.807) is 30.3 Å². The van der Waals surface area contributed by atoms with Crippen LogP contribution in [-0.4, -0.2) is 15.8 Å². The van der Waals surface area contributed by atoms with Crippen LogP contribution in [0.15, 0.2) is 72.8 Å². The van der Waals surface area contributed by atoms with E-state index in [1.807, 2.05) is 42.5 Å². The maximum absolute atomic E-state index is 12.4. The third-order valence-electron chi connectivity index (χ3n) is 4.08. The predicted molar refractivity (Wildman–Crippen MR) is 100 cm³/mol. The molecule has 0 aliphatic carbocycles. The number of carbonyl (C=O) groups excluding carboxylic acids is 1. The quantitative estimate of drug-likeness (QED) is 0.540. The lowest BCUT2D eigenvalue weighted by atomic mass is 10.0. The van der Waals surface area contributed by atoms with Crippen molar-refractivity contribution < 1.29 is 4.79 Å². The molecule has 26 heavy (non-hydrogen) atoms. The largest absolute Gasteiger partial charge is 0.326 e. The van der Waals surface area contributed by atoms with E-state index in [-0.39, 0.29) is 5.78 Å². The first-order valence-electron chi connectivity index (χ1n) is 8.10. The standard InChI is InChI=1S/C21H14N4O/c22-13-16-7-4-8-18-19(16)25-21(24-18)23-17-11-9-15(10-12-17)20(26)14-5-2-1-3-6-14/h1-12H,(H2,23,24,25). The summed E-state index contributed by atoms with van der Waals surface area (Å²) in [5.74, 6) is 0.532. The number of H-pyrrole nitrogens is 1. The van der Waals surface area contributed by atoms with Crippen LogP contribution in [0.5, 0.6) is 0 Å². The predicted octanol–water partition coefficient (Wildman–Crippen LogP) is 4.41. The molecule has 0 aliphatic heterocycles. The van der Waals surface area contributed by atoms with Gasteiger partial charge in [-0.25, -0.2) is 4.98 Å². The monoisotopic (exact) mass is 338 g/mol. The van der Waals surface area contributed by atoms with Gasteiger partial charge in [0.05, 0.1) is 11.1 Å². The fourth-order valence-electron chi connectivity index (χ4n) is 2.78. The third kappa shape index (κ3) is 2.92. The van der Waals surface area contributed by atoms with E-state index in [9.17, 15) is 4.79 Å². The van der Waals surface area contributed by atoms with Crippen molar-refractivity contribution >= 4 is 28.5 Å². The molecule has 1 aromatic heterocycles. The Morgan fingerprint density at radius 3 is 2.38 bits per heavy atom. The van der Waals surface area contributed by atoms with Crippen LogP contribution in [0.25, 0.3) is 11.0 Å². The molecule has 0 saturated carbocycles. The highest BCUT2D eigenvalue weighted by Crippen LogP contribution is 2.21. The number of anilines is 2. The first-order valence-corrected chi connectivity index (χ1v) is 8.10. The molecule has 1 heterocycles. The Kier molecular flexibility index (Phi) is 3.92. The van der Waals surface area contributed by atoms with E-state index in [0.29, 0.717) is 28.2 Å². The Hall–Kier alpha value is -3.91. The van der Waals surface area contributed by atoms with Crippen molar-refractivity contribution in [1.82, 2.24) is 9.97 Å². The van der Waals surface area contributed by atoms with Gasteiger partial charge in [0.15, 0.2) is 5.78 Å². The van der Waals surface area contributed by atoms with Crippen LogP contribution < -0.4 is 5.32 Å². The number of ketones is 1. The molecular formula is C21H14N4O. The molecule has 0 atom stereocenters. The molecule has 3 aromatic carbocycles.